The average molecular weight is 408 g/mol. The number of hydrogen-bond acceptors (Lipinski definition) is 9. The van der Waals surface area contributed by atoms with Crippen molar-refractivity contribution in [1.82, 2.24) is 24.6 Å². The van der Waals surface area contributed by atoms with Crippen LogP contribution in [0.1, 0.15) is 12.5 Å². The van der Waals surface area contributed by atoms with Gasteiger partial charge in [0, 0.05) is 25.4 Å². The van der Waals surface area contributed by atoms with Gasteiger partial charge in [-0.1, -0.05) is 12.1 Å². The molecule has 0 amide bonds. The van der Waals surface area contributed by atoms with Crippen molar-refractivity contribution in [2.45, 2.75) is 13.3 Å². The third-order valence-electron chi connectivity index (χ3n) is 4.41. The van der Waals surface area contributed by atoms with E-state index >= 15 is 0 Å². The molecule has 0 bridgehead atoms. The first-order valence-electron chi connectivity index (χ1n) is 9.81. The maximum absolute atomic E-state index is 6.00. The van der Waals surface area contributed by atoms with Gasteiger partial charge in [-0.2, -0.15) is 19.5 Å². The smallest absolute Gasteiger partial charge is 0.259 e. The van der Waals surface area contributed by atoms with Crippen molar-refractivity contribution in [3.63, 3.8) is 0 Å². The Morgan fingerprint density at radius 3 is 2.70 bits per heavy atom. The Kier molecular flexibility index (Phi) is 6.04. The summed E-state index contributed by atoms with van der Waals surface area (Å²) in [5.74, 6) is 1.93. The van der Waals surface area contributed by atoms with Crippen molar-refractivity contribution in [2.75, 3.05) is 42.7 Å². The molecule has 4 N–H and O–H groups in total. The van der Waals surface area contributed by atoms with Crippen LogP contribution in [-0.2, 0) is 11.2 Å². The second-order valence-electron chi connectivity index (χ2n) is 6.53. The molecule has 0 aliphatic carbocycles. The minimum absolute atomic E-state index is 0.204. The minimum atomic E-state index is 0.204. The quantitative estimate of drug-likeness (QED) is 0.339. The SMILES string of the molecule is CCOCCNc1ccc(CCNc2nc(N)n3nc(-c4ccco4)nc3n2)cc1. The third kappa shape index (κ3) is 4.66. The van der Waals surface area contributed by atoms with Gasteiger partial charge in [0.1, 0.15) is 0 Å². The molecule has 4 aromatic rings. The molecular weight excluding hydrogens is 384 g/mol. The number of aromatic nitrogens is 5. The van der Waals surface area contributed by atoms with Crippen LogP contribution in [0.3, 0.4) is 0 Å². The molecule has 0 aliphatic rings. The minimum Gasteiger partial charge on any atom is -0.461 e. The number of nitrogens with two attached hydrogens (primary N) is 1. The standard InChI is InChI=1S/C20H24N8O2/c1-2-29-13-11-22-15-7-5-14(6-8-15)9-10-23-19-25-18(21)28-20(26-19)24-17(27-28)16-4-3-12-30-16/h3-8,12,22H,2,9-11,13H2,1H3,(H3,21,23,24,25,26,27). The molecule has 0 aliphatic heterocycles. The number of nitrogen functional groups attached to an aromatic ring is 1. The van der Waals surface area contributed by atoms with Gasteiger partial charge in [0.25, 0.3) is 5.78 Å². The molecule has 10 nitrogen and oxygen atoms in total. The van der Waals surface area contributed by atoms with Gasteiger partial charge >= 0.3 is 0 Å². The Labute approximate surface area is 173 Å². The van der Waals surface area contributed by atoms with Crippen LogP contribution in [0.25, 0.3) is 17.4 Å². The summed E-state index contributed by atoms with van der Waals surface area (Å²) in [6.45, 7) is 4.87. The molecule has 0 saturated heterocycles. The van der Waals surface area contributed by atoms with Gasteiger partial charge in [0.2, 0.25) is 17.7 Å². The molecule has 3 aromatic heterocycles. The van der Waals surface area contributed by atoms with Gasteiger partial charge < -0.3 is 25.5 Å². The van der Waals surface area contributed by atoms with E-state index in [4.69, 9.17) is 14.9 Å². The summed E-state index contributed by atoms with van der Waals surface area (Å²) in [5.41, 5.74) is 8.28. The number of nitrogens with one attached hydrogen (secondary N) is 2. The maximum Gasteiger partial charge on any atom is 0.259 e. The van der Waals surface area contributed by atoms with Crippen molar-refractivity contribution in [3.8, 4) is 11.6 Å². The topological polar surface area (TPSA) is 128 Å². The summed E-state index contributed by atoms with van der Waals surface area (Å²) >= 11 is 0. The molecule has 30 heavy (non-hydrogen) atoms. The molecule has 0 spiro atoms. The van der Waals surface area contributed by atoms with Crippen molar-refractivity contribution < 1.29 is 9.15 Å². The van der Waals surface area contributed by atoms with Gasteiger partial charge in [-0.05, 0) is 43.2 Å². The van der Waals surface area contributed by atoms with Crippen LogP contribution in [0, 0.1) is 0 Å². The van der Waals surface area contributed by atoms with E-state index in [1.54, 1.807) is 18.4 Å². The summed E-state index contributed by atoms with van der Waals surface area (Å²) in [6, 6.07) is 11.9. The van der Waals surface area contributed by atoms with E-state index in [9.17, 15) is 0 Å². The lowest BCUT2D eigenvalue weighted by atomic mass is 10.1. The monoisotopic (exact) mass is 408 g/mol. The lowest BCUT2D eigenvalue weighted by Gasteiger charge is -2.08. The van der Waals surface area contributed by atoms with E-state index in [-0.39, 0.29) is 5.95 Å². The Hall–Kier alpha value is -3.66. The highest BCUT2D eigenvalue weighted by Crippen LogP contribution is 2.17. The fraction of sp³-hybridized carbons (Fsp3) is 0.300. The molecule has 0 unspecified atom stereocenters. The lowest BCUT2D eigenvalue weighted by Crippen LogP contribution is -2.12. The number of fused-ring (bicyclic) bond motifs is 1. The number of nitrogens with zero attached hydrogens (tertiary/aromatic N) is 5. The van der Waals surface area contributed by atoms with Crippen LogP contribution in [0.4, 0.5) is 17.6 Å². The number of furan rings is 1. The summed E-state index contributed by atoms with van der Waals surface area (Å²) in [6.07, 6.45) is 2.38. The van der Waals surface area contributed by atoms with Crippen LogP contribution < -0.4 is 16.4 Å². The van der Waals surface area contributed by atoms with E-state index in [0.717, 1.165) is 25.3 Å². The Bertz CT molecular complexity index is 1080. The van der Waals surface area contributed by atoms with Crippen molar-refractivity contribution >= 4 is 23.4 Å². The lowest BCUT2D eigenvalue weighted by molar-refractivity contribution is 0.158. The van der Waals surface area contributed by atoms with Crippen molar-refractivity contribution in [2.24, 2.45) is 0 Å². The van der Waals surface area contributed by atoms with E-state index < -0.39 is 0 Å². The predicted octanol–water partition coefficient (Wildman–Crippen LogP) is 2.46. The summed E-state index contributed by atoms with van der Waals surface area (Å²) < 4.78 is 12.0. The Balaban J connectivity index is 1.33. The molecule has 0 saturated carbocycles. The van der Waals surface area contributed by atoms with E-state index in [0.29, 0.717) is 36.5 Å². The van der Waals surface area contributed by atoms with Crippen LogP contribution in [0.2, 0.25) is 0 Å². The summed E-state index contributed by atoms with van der Waals surface area (Å²) in [5, 5.41) is 10.8. The molecule has 3 heterocycles. The third-order valence-corrected chi connectivity index (χ3v) is 4.41. The number of rotatable bonds is 10. The first-order valence-corrected chi connectivity index (χ1v) is 9.81. The van der Waals surface area contributed by atoms with Crippen LogP contribution in [-0.4, -0.2) is 50.9 Å². The first-order chi connectivity index (χ1) is 14.7. The van der Waals surface area contributed by atoms with Gasteiger partial charge in [0.05, 0.1) is 12.9 Å². The molecule has 156 valence electrons. The van der Waals surface area contributed by atoms with Crippen molar-refractivity contribution in [1.29, 1.82) is 0 Å². The van der Waals surface area contributed by atoms with Gasteiger partial charge in [-0.3, -0.25) is 0 Å². The maximum atomic E-state index is 6.00. The molecule has 0 fully saturated rings. The van der Waals surface area contributed by atoms with Gasteiger partial charge in [0.15, 0.2) is 5.76 Å². The van der Waals surface area contributed by atoms with Crippen molar-refractivity contribution in [3.05, 3.63) is 48.2 Å². The highest BCUT2D eigenvalue weighted by Gasteiger charge is 2.13. The van der Waals surface area contributed by atoms with Gasteiger partial charge in [-0.25, -0.2) is 0 Å². The Morgan fingerprint density at radius 1 is 1.07 bits per heavy atom. The molecule has 10 heteroatoms. The zero-order valence-corrected chi connectivity index (χ0v) is 16.7. The zero-order valence-electron chi connectivity index (χ0n) is 16.7. The second kappa shape index (κ2) is 9.23. The number of hydrogen-bond donors (Lipinski definition) is 3. The van der Waals surface area contributed by atoms with Crippen LogP contribution in [0.15, 0.2) is 47.1 Å². The normalized spacial score (nSPS) is 11.1. The summed E-state index contributed by atoms with van der Waals surface area (Å²) in [4.78, 5) is 13.0. The van der Waals surface area contributed by atoms with Crippen LogP contribution in [0.5, 0.6) is 0 Å². The van der Waals surface area contributed by atoms with E-state index in [1.165, 1.54) is 10.1 Å². The largest absolute Gasteiger partial charge is 0.461 e. The second-order valence-corrected chi connectivity index (χ2v) is 6.53. The fourth-order valence-electron chi connectivity index (χ4n) is 2.91. The molecule has 1 aromatic carbocycles. The Morgan fingerprint density at radius 2 is 1.93 bits per heavy atom. The number of benzene rings is 1. The predicted molar refractivity (Wildman–Crippen MR) is 114 cm³/mol. The summed E-state index contributed by atoms with van der Waals surface area (Å²) in [7, 11) is 0. The molecule has 0 atom stereocenters. The fourth-order valence-corrected chi connectivity index (χ4v) is 2.91. The molecule has 4 rings (SSSR count). The highest BCUT2D eigenvalue weighted by molar-refractivity contribution is 5.52. The number of anilines is 3. The van der Waals surface area contributed by atoms with E-state index in [2.05, 4.69) is 54.9 Å². The molecule has 0 radical (unpaired) electrons. The zero-order chi connectivity index (χ0) is 20.8. The molecular formula is C20H24N8O2. The van der Waals surface area contributed by atoms with Gasteiger partial charge in [-0.15, -0.1) is 5.10 Å². The first kappa shape index (κ1) is 19.6. The number of ether oxygens (including phenoxy) is 1. The average Bonchev–Trinajstić information content (AvgIpc) is 3.42. The highest BCUT2D eigenvalue weighted by atomic mass is 16.5. The van der Waals surface area contributed by atoms with E-state index in [1.807, 2.05) is 6.92 Å². The van der Waals surface area contributed by atoms with Crippen LogP contribution >= 0.6 is 0 Å².